The Kier molecular flexibility index (Phi) is 3.82. The highest BCUT2D eigenvalue weighted by atomic mass is 16.2. The van der Waals surface area contributed by atoms with Crippen molar-refractivity contribution >= 4 is 5.91 Å². The van der Waals surface area contributed by atoms with Crippen LogP contribution in [0, 0.1) is 5.92 Å². The van der Waals surface area contributed by atoms with E-state index >= 15 is 0 Å². The minimum absolute atomic E-state index is 0.00151. The molecule has 2 saturated heterocycles. The topological polar surface area (TPSA) is 35.6 Å². The van der Waals surface area contributed by atoms with Crippen molar-refractivity contribution in [2.75, 3.05) is 39.8 Å². The van der Waals surface area contributed by atoms with Gasteiger partial charge >= 0.3 is 0 Å². The van der Waals surface area contributed by atoms with Crippen molar-refractivity contribution in [1.29, 1.82) is 0 Å². The maximum Gasteiger partial charge on any atom is 0.239 e. The number of nitrogens with zero attached hydrogens (tertiary/aromatic N) is 2. The largest absolute Gasteiger partial charge is 0.341 e. The molecule has 92 valence electrons. The Morgan fingerprint density at radius 1 is 1.44 bits per heavy atom. The van der Waals surface area contributed by atoms with Gasteiger partial charge in [-0.25, -0.2) is 0 Å². The Balaban J connectivity index is 1.89. The molecule has 0 bridgehead atoms. The lowest BCUT2D eigenvalue weighted by Gasteiger charge is -2.25. The van der Waals surface area contributed by atoms with Gasteiger partial charge in [-0.2, -0.15) is 0 Å². The van der Waals surface area contributed by atoms with Crippen LogP contribution in [0.4, 0.5) is 0 Å². The maximum absolute atomic E-state index is 12.1. The highest BCUT2D eigenvalue weighted by Crippen LogP contribution is 2.17. The number of carbonyl (C=O) groups is 1. The van der Waals surface area contributed by atoms with Crippen LogP contribution in [0.15, 0.2) is 0 Å². The molecule has 2 aliphatic rings. The number of carbonyl (C=O) groups excluding carboxylic acids is 1. The predicted octanol–water partition coefficient (Wildman–Crippen LogP) is 0.149. The summed E-state index contributed by atoms with van der Waals surface area (Å²) in [5.74, 6) is 0.964. The van der Waals surface area contributed by atoms with Crippen LogP contribution in [0.1, 0.15) is 19.8 Å². The van der Waals surface area contributed by atoms with Crippen LogP contribution in [0.5, 0.6) is 0 Å². The number of rotatable bonds is 2. The summed E-state index contributed by atoms with van der Waals surface area (Å²) < 4.78 is 0. The van der Waals surface area contributed by atoms with Crippen LogP contribution < -0.4 is 5.32 Å². The highest BCUT2D eigenvalue weighted by Gasteiger charge is 2.27. The van der Waals surface area contributed by atoms with E-state index in [1.54, 1.807) is 0 Å². The van der Waals surface area contributed by atoms with E-state index in [4.69, 9.17) is 0 Å². The van der Waals surface area contributed by atoms with Crippen molar-refractivity contribution in [2.24, 2.45) is 5.92 Å². The zero-order valence-corrected chi connectivity index (χ0v) is 10.4. The maximum atomic E-state index is 12.1. The van der Waals surface area contributed by atoms with Crippen LogP contribution in [0.25, 0.3) is 0 Å². The molecule has 0 aromatic carbocycles. The van der Waals surface area contributed by atoms with E-state index in [9.17, 15) is 4.79 Å². The Labute approximate surface area is 98.0 Å². The van der Waals surface area contributed by atoms with Crippen molar-refractivity contribution in [2.45, 2.75) is 25.8 Å². The fourth-order valence-electron chi connectivity index (χ4n) is 2.73. The summed E-state index contributed by atoms with van der Waals surface area (Å²) in [5, 5.41) is 3.26. The summed E-state index contributed by atoms with van der Waals surface area (Å²) in [4.78, 5) is 16.5. The van der Waals surface area contributed by atoms with Gasteiger partial charge < -0.3 is 15.1 Å². The molecule has 0 saturated carbocycles. The lowest BCUT2D eigenvalue weighted by Crippen LogP contribution is -2.43. The SMILES string of the molecule is CC1NCCCN(CC2CCN(C)C2)C1=O. The summed E-state index contributed by atoms with van der Waals surface area (Å²) >= 11 is 0. The van der Waals surface area contributed by atoms with Gasteiger partial charge in [-0.3, -0.25) is 4.79 Å². The second kappa shape index (κ2) is 5.15. The van der Waals surface area contributed by atoms with Gasteiger partial charge in [-0.05, 0) is 45.8 Å². The number of likely N-dealkylation sites (tertiary alicyclic amines) is 1. The van der Waals surface area contributed by atoms with Crippen molar-refractivity contribution in [3.05, 3.63) is 0 Å². The van der Waals surface area contributed by atoms with Gasteiger partial charge in [0, 0.05) is 19.6 Å². The van der Waals surface area contributed by atoms with Crippen molar-refractivity contribution < 1.29 is 4.79 Å². The number of nitrogens with one attached hydrogen (secondary N) is 1. The van der Waals surface area contributed by atoms with E-state index in [-0.39, 0.29) is 11.9 Å². The Morgan fingerprint density at radius 3 is 2.94 bits per heavy atom. The summed E-state index contributed by atoms with van der Waals surface area (Å²) in [6, 6.07) is 0.00151. The Bertz CT molecular complexity index is 257. The first-order valence-corrected chi connectivity index (χ1v) is 6.37. The third-order valence-corrected chi connectivity index (χ3v) is 3.70. The minimum Gasteiger partial charge on any atom is -0.341 e. The Morgan fingerprint density at radius 2 is 2.25 bits per heavy atom. The number of amides is 1. The van der Waals surface area contributed by atoms with Gasteiger partial charge in [0.25, 0.3) is 0 Å². The lowest BCUT2D eigenvalue weighted by molar-refractivity contribution is -0.132. The molecule has 4 heteroatoms. The molecule has 4 nitrogen and oxygen atoms in total. The van der Waals surface area contributed by atoms with Gasteiger partial charge in [0.2, 0.25) is 5.91 Å². The van der Waals surface area contributed by atoms with Crippen LogP contribution in [0.3, 0.4) is 0 Å². The normalized spacial score (nSPS) is 33.1. The zero-order chi connectivity index (χ0) is 11.5. The first kappa shape index (κ1) is 11.9. The standard InChI is InChI=1S/C12H23N3O/c1-10-12(16)15(6-3-5-13-10)9-11-4-7-14(2)8-11/h10-11,13H,3-9H2,1-2H3. The average Bonchev–Trinajstić information content (AvgIpc) is 2.60. The summed E-state index contributed by atoms with van der Waals surface area (Å²) in [7, 11) is 2.16. The summed E-state index contributed by atoms with van der Waals surface area (Å²) in [5.41, 5.74) is 0. The third-order valence-electron chi connectivity index (χ3n) is 3.70. The fraction of sp³-hybridized carbons (Fsp3) is 0.917. The van der Waals surface area contributed by atoms with E-state index < -0.39 is 0 Å². The molecule has 16 heavy (non-hydrogen) atoms. The van der Waals surface area contributed by atoms with Gasteiger partial charge in [-0.15, -0.1) is 0 Å². The van der Waals surface area contributed by atoms with Crippen molar-refractivity contribution in [3.63, 3.8) is 0 Å². The molecule has 1 amide bonds. The fourth-order valence-corrected chi connectivity index (χ4v) is 2.73. The molecule has 0 aliphatic carbocycles. The van der Waals surface area contributed by atoms with Crippen molar-refractivity contribution in [3.8, 4) is 0 Å². The summed E-state index contributed by atoms with van der Waals surface area (Å²) in [6.45, 7) is 7.15. The van der Waals surface area contributed by atoms with Gasteiger partial charge in [0.15, 0.2) is 0 Å². The molecular formula is C12H23N3O. The quantitative estimate of drug-likeness (QED) is 0.726. The minimum atomic E-state index is 0.00151. The molecule has 0 spiro atoms. The monoisotopic (exact) mass is 225 g/mol. The van der Waals surface area contributed by atoms with Crippen LogP contribution >= 0.6 is 0 Å². The number of hydrogen-bond donors (Lipinski definition) is 1. The van der Waals surface area contributed by atoms with Gasteiger partial charge in [-0.1, -0.05) is 0 Å². The molecule has 2 aliphatic heterocycles. The van der Waals surface area contributed by atoms with E-state index in [1.807, 2.05) is 6.92 Å². The first-order valence-electron chi connectivity index (χ1n) is 6.37. The summed E-state index contributed by atoms with van der Waals surface area (Å²) in [6.07, 6.45) is 2.32. The first-order chi connectivity index (χ1) is 7.66. The molecule has 2 atom stereocenters. The zero-order valence-electron chi connectivity index (χ0n) is 10.4. The van der Waals surface area contributed by atoms with Gasteiger partial charge in [0.1, 0.15) is 0 Å². The van der Waals surface area contributed by atoms with E-state index in [2.05, 4.69) is 22.2 Å². The smallest absolute Gasteiger partial charge is 0.239 e. The van der Waals surface area contributed by atoms with Crippen LogP contribution in [0.2, 0.25) is 0 Å². The molecule has 2 fully saturated rings. The van der Waals surface area contributed by atoms with Crippen LogP contribution in [-0.4, -0.2) is 61.5 Å². The molecule has 2 unspecified atom stereocenters. The molecule has 2 heterocycles. The highest BCUT2D eigenvalue weighted by molar-refractivity contribution is 5.81. The number of hydrogen-bond acceptors (Lipinski definition) is 3. The second-order valence-corrected chi connectivity index (χ2v) is 5.23. The molecule has 0 aromatic rings. The molecule has 1 N–H and O–H groups in total. The van der Waals surface area contributed by atoms with E-state index in [1.165, 1.54) is 13.0 Å². The average molecular weight is 225 g/mol. The van der Waals surface area contributed by atoms with E-state index in [0.717, 1.165) is 32.6 Å². The molecule has 2 rings (SSSR count). The third kappa shape index (κ3) is 2.74. The Hall–Kier alpha value is -0.610. The van der Waals surface area contributed by atoms with Crippen LogP contribution in [-0.2, 0) is 4.79 Å². The predicted molar refractivity (Wildman–Crippen MR) is 64.3 cm³/mol. The second-order valence-electron chi connectivity index (χ2n) is 5.23. The van der Waals surface area contributed by atoms with E-state index in [0.29, 0.717) is 5.92 Å². The van der Waals surface area contributed by atoms with Gasteiger partial charge in [0.05, 0.1) is 6.04 Å². The lowest BCUT2D eigenvalue weighted by atomic mass is 10.1. The molecular weight excluding hydrogens is 202 g/mol. The molecule has 0 radical (unpaired) electrons. The molecule has 0 aromatic heterocycles. The van der Waals surface area contributed by atoms with Crippen molar-refractivity contribution in [1.82, 2.24) is 15.1 Å².